The van der Waals surface area contributed by atoms with E-state index in [1.807, 2.05) is 24.3 Å². The number of fused-ring (bicyclic) bond motifs is 1. The summed E-state index contributed by atoms with van der Waals surface area (Å²) in [6.45, 7) is 1.16. The minimum atomic E-state index is 0.0776. The van der Waals surface area contributed by atoms with Gasteiger partial charge in [0.05, 0.1) is 7.11 Å². The van der Waals surface area contributed by atoms with Gasteiger partial charge in [-0.1, -0.05) is 28.1 Å². The first kappa shape index (κ1) is 14.1. The fourth-order valence-electron chi connectivity index (χ4n) is 2.24. The van der Waals surface area contributed by atoms with Crippen molar-refractivity contribution in [3.8, 4) is 17.4 Å². The Labute approximate surface area is 131 Å². The van der Waals surface area contributed by atoms with Gasteiger partial charge in [0.25, 0.3) is 0 Å². The van der Waals surface area contributed by atoms with Crippen LogP contribution in [0.15, 0.2) is 30.6 Å². The second-order valence-electron chi connectivity index (χ2n) is 4.59. The Morgan fingerprint density at radius 2 is 2.14 bits per heavy atom. The molecule has 1 aromatic heterocycles. The minimum absolute atomic E-state index is 0.0776. The van der Waals surface area contributed by atoms with E-state index in [0.29, 0.717) is 25.5 Å². The van der Waals surface area contributed by atoms with Gasteiger partial charge in [0.15, 0.2) is 11.5 Å². The molecule has 1 aliphatic heterocycles. The number of hydrogen-bond donors (Lipinski definition) is 0. The van der Waals surface area contributed by atoms with Crippen LogP contribution in [0.3, 0.4) is 0 Å². The van der Waals surface area contributed by atoms with Crippen LogP contribution in [0.25, 0.3) is 0 Å². The molecule has 0 spiro atoms. The Morgan fingerprint density at radius 1 is 1.29 bits per heavy atom. The van der Waals surface area contributed by atoms with Gasteiger partial charge in [-0.15, -0.1) is 0 Å². The Kier molecular flexibility index (Phi) is 4.24. The Hall–Kier alpha value is -1.82. The molecule has 0 amide bonds. The summed E-state index contributed by atoms with van der Waals surface area (Å²) in [5.74, 6) is 2.17. The van der Waals surface area contributed by atoms with E-state index < -0.39 is 0 Å². The lowest BCUT2D eigenvalue weighted by Gasteiger charge is -2.22. The summed E-state index contributed by atoms with van der Waals surface area (Å²) in [7, 11) is 1.59. The molecule has 1 unspecified atom stereocenters. The van der Waals surface area contributed by atoms with Crippen molar-refractivity contribution in [2.24, 2.45) is 0 Å². The smallest absolute Gasteiger partial charge is 0.216 e. The molecular formula is C15H15BrN2O3. The Morgan fingerprint density at radius 3 is 3.00 bits per heavy atom. The van der Waals surface area contributed by atoms with Gasteiger partial charge in [-0.2, -0.15) is 0 Å². The molecule has 2 aromatic rings. The second-order valence-corrected chi connectivity index (χ2v) is 5.70. The third-order valence-corrected chi connectivity index (χ3v) is 4.05. The largest absolute Gasteiger partial charge is 0.486 e. The van der Waals surface area contributed by atoms with Gasteiger partial charge in [0.2, 0.25) is 5.88 Å². The molecule has 21 heavy (non-hydrogen) atoms. The average molecular weight is 351 g/mol. The molecule has 0 bridgehead atoms. The Bertz CT molecular complexity index is 636. The van der Waals surface area contributed by atoms with Crippen LogP contribution < -0.4 is 14.2 Å². The van der Waals surface area contributed by atoms with E-state index in [4.69, 9.17) is 14.2 Å². The van der Waals surface area contributed by atoms with Crippen LogP contribution in [0.1, 0.15) is 16.1 Å². The van der Waals surface area contributed by atoms with E-state index >= 15 is 0 Å². The summed E-state index contributed by atoms with van der Waals surface area (Å²) in [6.07, 6.45) is 2.21. The number of ether oxygens (including phenoxy) is 3. The molecule has 0 fully saturated rings. The summed E-state index contributed by atoms with van der Waals surface area (Å²) < 4.78 is 16.5. The second kappa shape index (κ2) is 6.30. The van der Waals surface area contributed by atoms with Gasteiger partial charge < -0.3 is 14.2 Å². The Balaban J connectivity index is 1.83. The van der Waals surface area contributed by atoms with Gasteiger partial charge in [0.1, 0.15) is 19.5 Å². The average Bonchev–Trinajstić information content (AvgIpc) is 2.54. The summed E-state index contributed by atoms with van der Waals surface area (Å²) >= 11 is 3.71. The molecule has 0 saturated heterocycles. The lowest BCUT2D eigenvalue weighted by atomic mass is 10.1. The van der Waals surface area contributed by atoms with Crippen LogP contribution in [0.4, 0.5) is 0 Å². The number of rotatable bonds is 4. The van der Waals surface area contributed by atoms with E-state index in [1.54, 1.807) is 7.11 Å². The zero-order chi connectivity index (χ0) is 14.7. The van der Waals surface area contributed by atoms with Crippen molar-refractivity contribution in [3.05, 3.63) is 41.9 Å². The molecule has 0 radical (unpaired) electrons. The van der Waals surface area contributed by atoms with Gasteiger partial charge in [-0.3, -0.25) is 0 Å². The normalized spacial score (nSPS) is 14.6. The highest BCUT2D eigenvalue weighted by molar-refractivity contribution is 9.09. The van der Waals surface area contributed by atoms with Crippen LogP contribution in [0.2, 0.25) is 0 Å². The first-order valence-corrected chi connectivity index (χ1v) is 7.57. The third-order valence-electron chi connectivity index (χ3n) is 3.23. The van der Waals surface area contributed by atoms with Gasteiger partial charge in [-0.05, 0) is 6.07 Å². The van der Waals surface area contributed by atoms with Crippen molar-refractivity contribution in [2.45, 2.75) is 11.2 Å². The zero-order valence-electron chi connectivity index (χ0n) is 11.6. The zero-order valence-corrected chi connectivity index (χ0v) is 13.2. The van der Waals surface area contributed by atoms with Crippen LogP contribution in [-0.2, 0) is 6.42 Å². The number of methoxy groups -OCH3 is 1. The third kappa shape index (κ3) is 3.10. The van der Waals surface area contributed by atoms with E-state index in [2.05, 4.69) is 25.9 Å². The number of aromatic nitrogens is 2. The first-order valence-electron chi connectivity index (χ1n) is 6.65. The fraction of sp³-hybridized carbons (Fsp3) is 0.333. The number of para-hydroxylation sites is 1. The van der Waals surface area contributed by atoms with E-state index in [9.17, 15) is 0 Å². The molecule has 0 saturated carbocycles. The minimum Gasteiger partial charge on any atom is -0.486 e. The van der Waals surface area contributed by atoms with Crippen LogP contribution >= 0.6 is 15.9 Å². The number of hydrogen-bond acceptors (Lipinski definition) is 5. The van der Waals surface area contributed by atoms with Crippen molar-refractivity contribution in [1.29, 1.82) is 0 Å². The first-order chi connectivity index (χ1) is 10.3. The number of benzene rings is 1. The quantitative estimate of drug-likeness (QED) is 0.793. The highest BCUT2D eigenvalue weighted by atomic mass is 79.9. The van der Waals surface area contributed by atoms with Crippen LogP contribution in [0, 0.1) is 0 Å². The molecule has 110 valence electrons. The molecule has 1 aliphatic rings. The summed E-state index contributed by atoms with van der Waals surface area (Å²) in [4.78, 5) is 8.36. The monoisotopic (exact) mass is 350 g/mol. The van der Waals surface area contributed by atoms with Crippen molar-refractivity contribution < 1.29 is 14.2 Å². The van der Waals surface area contributed by atoms with Crippen molar-refractivity contribution >= 4 is 15.9 Å². The van der Waals surface area contributed by atoms with E-state index in [0.717, 1.165) is 22.8 Å². The lowest BCUT2D eigenvalue weighted by molar-refractivity contribution is 0.170. The summed E-state index contributed by atoms with van der Waals surface area (Å²) in [5, 5.41) is 0. The van der Waals surface area contributed by atoms with Gasteiger partial charge in [-0.25, -0.2) is 9.97 Å². The number of nitrogens with zero attached hydrogens (tertiary/aromatic N) is 2. The molecule has 0 aliphatic carbocycles. The molecule has 0 N–H and O–H groups in total. The molecule has 2 heterocycles. The number of alkyl halides is 1. The molecule has 6 heteroatoms. The maximum absolute atomic E-state index is 5.75. The van der Waals surface area contributed by atoms with E-state index in [-0.39, 0.29) is 4.83 Å². The maximum Gasteiger partial charge on any atom is 0.216 e. The molecule has 1 atom stereocenters. The van der Waals surface area contributed by atoms with Crippen molar-refractivity contribution in [2.75, 3.05) is 20.3 Å². The number of halogens is 1. The molecule has 3 rings (SSSR count). The highest BCUT2D eigenvalue weighted by Crippen LogP contribution is 2.41. The summed E-state index contributed by atoms with van der Waals surface area (Å²) in [5.41, 5.74) is 1.96. The SMILES string of the molecule is COc1cc(CC(Br)c2cccc3c2OCCO3)ncn1. The van der Waals surface area contributed by atoms with E-state index in [1.165, 1.54) is 6.33 Å². The van der Waals surface area contributed by atoms with Crippen molar-refractivity contribution in [1.82, 2.24) is 9.97 Å². The van der Waals surface area contributed by atoms with Gasteiger partial charge >= 0.3 is 0 Å². The van der Waals surface area contributed by atoms with Gasteiger partial charge in [0, 0.05) is 28.6 Å². The predicted octanol–water partition coefficient (Wildman–Crippen LogP) is 2.94. The predicted molar refractivity (Wildman–Crippen MR) is 81.4 cm³/mol. The molecule has 1 aromatic carbocycles. The molecular weight excluding hydrogens is 336 g/mol. The molecule has 5 nitrogen and oxygen atoms in total. The van der Waals surface area contributed by atoms with Crippen LogP contribution in [-0.4, -0.2) is 30.3 Å². The highest BCUT2D eigenvalue weighted by Gasteiger charge is 2.21. The van der Waals surface area contributed by atoms with Crippen LogP contribution in [0.5, 0.6) is 17.4 Å². The standard InChI is InChI=1S/C15H15BrN2O3/c1-19-14-8-10(17-9-18-14)7-12(16)11-3-2-4-13-15(11)21-6-5-20-13/h2-4,8-9,12H,5-7H2,1H3. The fourth-order valence-corrected chi connectivity index (χ4v) is 2.93. The topological polar surface area (TPSA) is 53.5 Å². The summed E-state index contributed by atoms with van der Waals surface area (Å²) in [6, 6.07) is 7.76. The lowest BCUT2D eigenvalue weighted by Crippen LogP contribution is -2.17. The maximum atomic E-state index is 5.75. The van der Waals surface area contributed by atoms with Crippen molar-refractivity contribution in [3.63, 3.8) is 0 Å².